The standard InChI is InChI=1S/C12H24F6NO6PS3/c1-5-26(6-2,7-3,9-10-27(20,21)8-4)19(28(22,23)11(13,14)15)29(24,25)12(16,17)18/h5-10H2,1-4H3. The molecule has 29 heavy (non-hydrogen) atoms. The van der Waals surface area contributed by atoms with E-state index in [1.54, 1.807) is 0 Å². The van der Waals surface area contributed by atoms with Gasteiger partial charge in [-0.1, -0.05) is 0 Å². The number of sulfone groups is 1. The number of hydrogen-bond donors (Lipinski definition) is 0. The molecule has 0 aliphatic heterocycles. The van der Waals surface area contributed by atoms with Crippen LogP contribution in [0, 0.1) is 0 Å². The molecule has 0 radical (unpaired) electrons. The molecule has 0 heterocycles. The molecular weight excluding hydrogens is 495 g/mol. The first-order valence-corrected chi connectivity index (χ1v) is 15.9. The Bertz CT molecular complexity index is 852. The fourth-order valence-corrected chi connectivity index (χ4v) is 19.3. The number of hydrogen-bond acceptors (Lipinski definition) is 6. The van der Waals surface area contributed by atoms with Crippen LogP contribution in [0.2, 0.25) is 0 Å². The molecule has 0 N–H and O–H groups in total. The van der Waals surface area contributed by atoms with E-state index >= 15 is 0 Å². The van der Waals surface area contributed by atoms with E-state index < -0.39 is 87.3 Å². The van der Waals surface area contributed by atoms with E-state index in [0.29, 0.717) is 0 Å². The first kappa shape index (κ1) is 28.8. The molecule has 0 aromatic heterocycles. The predicted octanol–water partition coefficient (Wildman–Crippen LogP) is 2.95. The van der Waals surface area contributed by atoms with Gasteiger partial charge in [-0.2, -0.15) is 0 Å². The van der Waals surface area contributed by atoms with E-state index in [9.17, 15) is 51.6 Å². The Morgan fingerprint density at radius 3 is 1.21 bits per heavy atom. The molecule has 0 fully saturated rings. The zero-order valence-electron chi connectivity index (χ0n) is 16.1. The van der Waals surface area contributed by atoms with Gasteiger partial charge in [0.25, 0.3) is 0 Å². The van der Waals surface area contributed by atoms with Crippen LogP contribution in [-0.2, 0) is 29.9 Å². The van der Waals surface area contributed by atoms with E-state index in [-0.39, 0.29) is 0 Å². The Morgan fingerprint density at radius 2 is 1.00 bits per heavy atom. The quantitative estimate of drug-likeness (QED) is 0.325. The number of alkyl halides is 6. The summed E-state index contributed by atoms with van der Waals surface area (Å²) in [6.45, 7) is -0.808. The summed E-state index contributed by atoms with van der Waals surface area (Å²) in [6.07, 6.45) is -3.02. The zero-order valence-corrected chi connectivity index (χ0v) is 19.4. The maximum absolute atomic E-state index is 13.3. The van der Waals surface area contributed by atoms with Gasteiger partial charge < -0.3 is 0 Å². The monoisotopic (exact) mass is 519 g/mol. The first-order valence-electron chi connectivity index (χ1n) is 8.28. The van der Waals surface area contributed by atoms with Crippen molar-refractivity contribution in [2.75, 3.05) is 36.2 Å². The number of rotatable bonds is 10. The summed E-state index contributed by atoms with van der Waals surface area (Å²) in [5, 5.41) is 0. The van der Waals surface area contributed by atoms with Crippen LogP contribution in [0.1, 0.15) is 27.7 Å². The van der Waals surface area contributed by atoms with Gasteiger partial charge in [0.2, 0.25) is 0 Å². The van der Waals surface area contributed by atoms with Crippen molar-refractivity contribution in [1.82, 2.24) is 3.48 Å². The molecule has 0 saturated heterocycles. The topological polar surface area (TPSA) is 106 Å². The van der Waals surface area contributed by atoms with Gasteiger partial charge in [0, 0.05) is 0 Å². The van der Waals surface area contributed by atoms with Crippen LogP contribution in [0.4, 0.5) is 26.3 Å². The SMILES string of the molecule is CCS(=O)(=O)CCP(CC)(CC)(CC)N(S(=O)(=O)C(F)(F)F)S(=O)(=O)C(F)(F)F. The number of nitrogens with zero attached hydrogens (tertiary/aromatic N) is 1. The molecule has 0 aromatic rings. The third kappa shape index (κ3) is 5.01. The van der Waals surface area contributed by atoms with Gasteiger partial charge in [0.1, 0.15) is 0 Å². The molecule has 0 aliphatic rings. The summed E-state index contributed by atoms with van der Waals surface area (Å²) < 4.78 is 151. The maximum atomic E-state index is 13.3. The van der Waals surface area contributed by atoms with Crippen LogP contribution in [0.5, 0.6) is 0 Å². The van der Waals surface area contributed by atoms with Crippen molar-refractivity contribution in [1.29, 1.82) is 0 Å². The fraction of sp³-hybridized carbons (Fsp3) is 1.00. The van der Waals surface area contributed by atoms with Gasteiger partial charge in [-0.15, -0.1) is 0 Å². The van der Waals surface area contributed by atoms with Crippen LogP contribution >= 0.6 is 6.75 Å². The second-order valence-corrected chi connectivity index (χ2v) is 19.8. The summed E-state index contributed by atoms with van der Waals surface area (Å²) in [7, 11) is -18.0. The molecule has 0 atom stereocenters. The van der Waals surface area contributed by atoms with Gasteiger partial charge in [-0.25, -0.2) is 0 Å². The van der Waals surface area contributed by atoms with E-state index in [2.05, 4.69) is 0 Å². The summed E-state index contributed by atoms with van der Waals surface area (Å²) in [4.78, 5) is 0. The molecule has 0 rings (SSSR count). The molecule has 0 amide bonds. The van der Waals surface area contributed by atoms with E-state index in [1.165, 1.54) is 6.92 Å². The molecule has 0 unspecified atom stereocenters. The second kappa shape index (κ2) is 8.40. The summed E-state index contributed by atoms with van der Waals surface area (Å²) in [6, 6.07) is 0. The van der Waals surface area contributed by atoms with E-state index in [1.807, 2.05) is 0 Å². The zero-order chi connectivity index (χ0) is 23.8. The van der Waals surface area contributed by atoms with Gasteiger partial charge in [-0.3, -0.25) is 0 Å². The van der Waals surface area contributed by atoms with Crippen molar-refractivity contribution in [2.24, 2.45) is 0 Å². The summed E-state index contributed by atoms with van der Waals surface area (Å²) in [5.74, 6) is -1.46. The molecule has 17 heteroatoms. The van der Waals surface area contributed by atoms with Gasteiger partial charge in [0.15, 0.2) is 0 Å². The average Bonchev–Trinajstić information content (AvgIpc) is 2.56. The van der Waals surface area contributed by atoms with Crippen molar-refractivity contribution >= 4 is 36.6 Å². The summed E-state index contributed by atoms with van der Waals surface area (Å²) >= 11 is 0. The third-order valence-corrected chi connectivity index (χ3v) is 21.7. The second-order valence-electron chi connectivity index (χ2n) is 6.40. The van der Waals surface area contributed by atoms with E-state index in [0.717, 1.165) is 20.8 Å². The normalized spacial score (nSPS) is 16.6. The van der Waals surface area contributed by atoms with Crippen molar-refractivity contribution in [2.45, 2.75) is 38.7 Å². The third-order valence-electron chi connectivity index (χ3n) is 5.31. The Labute approximate surface area is 166 Å². The molecule has 0 aliphatic carbocycles. The van der Waals surface area contributed by atoms with Crippen LogP contribution in [0.25, 0.3) is 0 Å². The van der Waals surface area contributed by atoms with E-state index in [4.69, 9.17) is 0 Å². The minimum absolute atomic E-state index is 0.505. The van der Waals surface area contributed by atoms with Gasteiger partial charge >= 0.3 is 167 Å². The van der Waals surface area contributed by atoms with Crippen molar-refractivity contribution in [3.8, 4) is 0 Å². The van der Waals surface area contributed by atoms with Crippen molar-refractivity contribution in [3.63, 3.8) is 0 Å². The van der Waals surface area contributed by atoms with Crippen LogP contribution in [-0.4, -0.2) is 75.9 Å². The van der Waals surface area contributed by atoms with Crippen molar-refractivity contribution < 1.29 is 51.6 Å². The Balaban J connectivity index is 7.48. The summed E-state index contributed by atoms with van der Waals surface area (Å²) in [5.41, 5.74) is -12.7. The Kier molecular flexibility index (Phi) is 8.34. The minimum atomic E-state index is -7.02. The van der Waals surface area contributed by atoms with Crippen LogP contribution in [0.3, 0.4) is 0 Å². The fourth-order valence-electron chi connectivity index (χ4n) is 3.01. The Morgan fingerprint density at radius 1 is 0.690 bits per heavy atom. The van der Waals surface area contributed by atoms with Gasteiger partial charge in [0.05, 0.1) is 0 Å². The van der Waals surface area contributed by atoms with Crippen LogP contribution in [0.15, 0.2) is 0 Å². The molecular formula is C12H24F6NO6PS3. The predicted molar refractivity (Wildman–Crippen MR) is 99.5 cm³/mol. The molecule has 0 bridgehead atoms. The number of sulfonamides is 2. The van der Waals surface area contributed by atoms with Gasteiger partial charge in [-0.05, 0) is 0 Å². The number of halogens is 6. The van der Waals surface area contributed by atoms with Crippen LogP contribution < -0.4 is 0 Å². The molecule has 0 saturated carbocycles. The molecule has 7 nitrogen and oxygen atoms in total. The first-order chi connectivity index (χ1) is 12.6. The van der Waals surface area contributed by atoms with Crippen molar-refractivity contribution in [3.05, 3.63) is 0 Å². The molecule has 0 aromatic carbocycles. The average molecular weight is 519 g/mol. The molecule has 178 valence electrons. The molecule has 0 spiro atoms. The Hall–Kier alpha value is -0.180.